The average molecular weight is 787 g/mol. The van der Waals surface area contributed by atoms with Gasteiger partial charge in [0.2, 0.25) is 0 Å². The molecule has 4 heterocycles. The summed E-state index contributed by atoms with van der Waals surface area (Å²) < 4.78 is 36.6. The fraction of sp³-hybridized carbons (Fsp3) is 0.949. The summed E-state index contributed by atoms with van der Waals surface area (Å²) in [7, 11) is 0. The molecule has 3 saturated carbocycles. The van der Waals surface area contributed by atoms with E-state index >= 15 is 0 Å². The molecule has 0 bridgehead atoms. The van der Waals surface area contributed by atoms with E-state index in [1.54, 1.807) is 13.8 Å². The molecule has 4 aliphatic heterocycles. The van der Waals surface area contributed by atoms with Gasteiger partial charge in [0.05, 0.1) is 48.6 Å². The van der Waals surface area contributed by atoms with E-state index in [0.29, 0.717) is 45.1 Å². The molecule has 55 heavy (non-hydrogen) atoms. The van der Waals surface area contributed by atoms with Crippen LogP contribution in [0.5, 0.6) is 0 Å². The highest BCUT2D eigenvalue weighted by molar-refractivity contribution is 5.35. The van der Waals surface area contributed by atoms with Gasteiger partial charge in [0.1, 0.15) is 54.4 Å². The summed E-state index contributed by atoms with van der Waals surface area (Å²) in [6, 6.07) is 0. The predicted molar refractivity (Wildman–Crippen MR) is 187 cm³/mol. The zero-order valence-electron chi connectivity index (χ0n) is 32.3. The van der Waals surface area contributed by atoms with E-state index in [1.165, 1.54) is 6.92 Å². The largest absolute Gasteiger partial charge is 0.394 e. The quantitative estimate of drug-likeness (QED) is 0.143. The van der Waals surface area contributed by atoms with Crippen molar-refractivity contribution in [3.63, 3.8) is 0 Å². The topological polar surface area (TPSA) is 258 Å². The molecule has 8 aliphatic rings. The maximum Gasteiger partial charge on any atom is 0.200 e. The summed E-state index contributed by atoms with van der Waals surface area (Å²) in [5.74, 6) is -2.52. The van der Waals surface area contributed by atoms with Crippen molar-refractivity contribution in [3.05, 3.63) is 11.6 Å². The number of hydrogen-bond donors (Lipinski definition) is 10. The smallest absolute Gasteiger partial charge is 0.200 e. The third-order valence-corrected chi connectivity index (χ3v) is 16.1. The molecule has 1 spiro atoms. The average Bonchev–Trinajstić information content (AvgIpc) is 3.47. The second-order valence-corrected chi connectivity index (χ2v) is 18.7. The lowest BCUT2D eigenvalue weighted by Gasteiger charge is -2.64. The van der Waals surface area contributed by atoms with Gasteiger partial charge in [0, 0.05) is 12.3 Å². The van der Waals surface area contributed by atoms with Gasteiger partial charge in [-0.25, -0.2) is 0 Å². The fourth-order valence-electron chi connectivity index (χ4n) is 12.6. The number of rotatable bonds is 5. The van der Waals surface area contributed by atoms with Gasteiger partial charge in [-0.2, -0.15) is 0 Å². The van der Waals surface area contributed by atoms with Crippen molar-refractivity contribution in [2.24, 2.45) is 34.5 Å². The van der Waals surface area contributed by atoms with Crippen LogP contribution in [0, 0.1) is 34.5 Å². The Morgan fingerprint density at radius 2 is 1.55 bits per heavy atom. The van der Waals surface area contributed by atoms with Crippen molar-refractivity contribution >= 4 is 0 Å². The standard InChI is InChI=1S/C39H62O16/c1-16-10-25(42)39(50-15-16)18(3)38(49)26(55-39)13-37(48)21-7-6-19-11-20(8-9-35(19,4)22(21)12-24(41)36(37,38)5)52-34-32(30(46)28(44)23(14-40)53-34)54-33-31(47)29(45)27(43)17(2)51-33/h6,16-18,20-34,40-49H,7-15H2,1-5H3. The van der Waals surface area contributed by atoms with E-state index < -0.39 is 126 Å². The first-order chi connectivity index (χ1) is 25.8. The lowest BCUT2D eigenvalue weighted by atomic mass is 9.43. The Morgan fingerprint density at radius 1 is 0.818 bits per heavy atom. The van der Waals surface area contributed by atoms with Gasteiger partial charge in [0.25, 0.3) is 0 Å². The Kier molecular flexibility index (Phi) is 10.3. The molecule has 4 aliphatic carbocycles. The zero-order valence-corrected chi connectivity index (χ0v) is 32.3. The number of aliphatic hydroxyl groups excluding tert-OH is 8. The van der Waals surface area contributed by atoms with Gasteiger partial charge in [-0.05, 0) is 68.6 Å². The highest BCUT2D eigenvalue weighted by Crippen LogP contribution is 2.73. The summed E-state index contributed by atoms with van der Waals surface area (Å²) in [5.41, 5.74) is -3.94. The van der Waals surface area contributed by atoms with Crippen LogP contribution in [0.1, 0.15) is 79.6 Å². The van der Waals surface area contributed by atoms with Gasteiger partial charge >= 0.3 is 0 Å². The van der Waals surface area contributed by atoms with Crippen LogP contribution >= 0.6 is 0 Å². The number of aliphatic hydroxyl groups is 10. The summed E-state index contributed by atoms with van der Waals surface area (Å²) in [6.07, 6.45) is -12.6. The minimum absolute atomic E-state index is 0.0791. The SMILES string of the molecule is CC1COC2(OC3CC4(O)C5CC=C6CC(OC7OC(CO)C(O)C(O)C7OC7OC(C)C(O)C(O)C7O)CCC6(C)C5CC(O)C4(C)C3(O)C2C)C(O)C1. The minimum Gasteiger partial charge on any atom is -0.394 e. The molecule has 0 amide bonds. The van der Waals surface area contributed by atoms with Crippen molar-refractivity contribution in [1.82, 2.24) is 0 Å². The van der Waals surface area contributed by atoms with E-state index in [2.05, 4.69) is 13.0 Å². The van der Waals surface area contributed by atoms with E-state index in [1.807, 2.05) is 6.92 Å². The highest BCUT2D eigenvalue weighted by Gasteiger charge is 2.84. The van der Waals surface area contributed by atoms with Gasteiger partial charge in [0.15, 0.2) is 18.4 Å². The predicted octanol–water partition coefficient (Wildman–Crippen LogP) is -1.44. The van der Waals surface area contributed by atoms with E-state index in [0.717, 1.165) is 5.57 Å². The second-order valence-electron chi connectivity index (χ2n) is 18.7. The molecular formula is C39H62O16. The normalized spacial score (nSPS) is 60.5. The first-order valence-corrected chi connectivity index (χ1v) is 20.2. The molecule has 8 rings (SSSR count). The zero-order chi connectivity index (χ0) is 39.8. The van der Waals surface area contributed by atoms with Crippen molar-refractivity contribution in [2.75, 3.05) is 13.2 Å². The summed E-state index contributed by atoms with van der Waals surface area (Å²) in [5, 5.41) is 112. The van der Waals surface area contributed by atoms with Gasteiger partial charge in [-0.1, -0.05) is 39.3 Å². The molecule has 16 heteroatoms. The molecule has 7 fully saturated rings. The Bertz CT molecular complexity index is 1480. The van der Waals surface area contributed by atoms with Gasteiger partial charge < -0.3 is 79.5 Å². The van der Waals surface area contributed by atoms with Gasteiger partial charge in [-0.15, -0.1) is 0 Å². The molecule has 23 unspecified atom stereocenters. The Morgan fingerprint density at radius 3 is 2.24 bits per heavy atom. The number of allylic oxidation sites excluding steroid dienone is 1. The summed E-state index contributed by atoms with van der Waals surface area (Å²) >= 11 is 0. The van der Waals surface area contributed by atoms with Crippen LogP contribution in [0.4, 0.5) is 0 Å². The Balaban J connectivity index is 1.02. The maximum absolute atomic E-state index is 12.9. The first-order valence-electron chi connectivity index (χ1n) is 20.2. The molecule has 0 aromatic rings. The van der Waals surface area contributed by atoms with E-state index in [-0.39, 0.29) is 24.2 Å². The minimum atomic E-state index is -1.68. The van der Waals surface area contributed by atoms with Crippen molar-refractivity contribution in [1.29, 1.82) is 0 Å². The molecule has 0 aromatic heterocycles. The van der Waals surface area contributed by atoms with Crippen LogP contribution in [-0.2, 0) is 28.4 Å². The fourth-order valence-corrected chi connectivity index (χ4v) is 12.6. The van der Waals surface area contributed by atoms with Crippen molar-refractivity contribution in [3.8, 4) is 0 Å². The highest BCUT2D eigenvalue weighted by atomic mass is 16.8. The molecule has 10 N–H and O–H groups in total. The monoisotopic (exact) mass is 786 g/mol. The maximum atomic E-state index is 12.9. The molecular weight excluding hydrogens is 724 g/mol. The van der Waals surface area contributed by atoms with Crippen molar-refractivity contribution < 1.29 is 79.5 Å². The third-order valence-electron chi connectivity index (χ3n) is 16.1. The molecule has 0 radical (unpaired) electrons. The number of ether oxygens (including phenoxy) is 6. The molecule has 23 atom stereocenters. The Labute approximate surface area is 320 Å². The lowest BCUT2D eigenvalue weighted by Crippen LogP contribution is -2.72. The number of hydrogen-bond acceptors (Lipinski definition) is 16. The summed E-state index contributed by atoms with van der Waals surface area (Å²) in [4.78, 5) is 0. The Hall–Kier alpha value is -0.900. The molecule has 16 nitrogen and oxygen atoms in total. The van der Waals surface area contributed by atoms with Crippen LogP contribution < -0.4 is 0 Å². The van der Waals surface area contributed by atoms with Gasteiger partial charge in [-0.3, -0.25) is 0 Å². The van der Waals surface area contributed by atoms with Crippen LogP contribution in [-0.4, -0.2) is 167 Å². The lowest BCUT2D eigenvalue weighted by molar-refractivity contribution is -0.370. The van der Waals surface area contributed by atoms with Crippen LogP contribution in [0.15, 0.2) is 11.6 Å². The van der Waals surface area contributed by atoms with Crippen LogP contribution in [0.2, 0.25) is 0 Å². The third kappa shape index (κ3) is 5.55. The first kappa shape index (κ1) is 40.9. The molecule has 314 valence electrons. The van der Waals surface area contributed by atoms with Crippen molar-refractivity contribution in [2.45, 2.75) is 182 Å². The van der Waals surface area contributed by atoms with Crippen LogP contribution in [0.25, 0.3) is 0 Å². The summed E-state index contributed by atoms with van der Waals surface area (Å²) in [6.45, 7) is 8.93. The second kappa shape index (κ2) is 13.8. The van der Waals surface area contributed by atoms with E-state index in [4.69, 9.17) is 28.4 Å². The molecule has 4 saturated heterocycles. The number of fused-ring (bicyclic) bond motifs is 7. The van der Waals surface area contributed by atoms with E-state index in [9.17, 15) is 51.1 Å². The molecule has 0 aromatic carbocycles. The van der Waals surface area contributed by atoms with Crippen LogP contribution in [0.3, 0.4) is 0 Å².